The summed E-state index contributed by atoms with van der Waals surface area (Å²) in [5.74, 6) is -1.04. The van der Waals surface area contributed by atoms with Gasteiger partial charge in [-0.15, -0.1) is 0 Å². The van der Waals surface area contributed by atoms with E-state index < -0.39 is 5.97 Å². The minimum atomic E-state index is -1.03. The van der Waals surface area contributed by atoms with E-state index in [-0.39, 0.29) is 12.5 Å². The van der Waals surface area contributed by atoms with E-state index in [2.05, 4.69) is 10.3 Å². The molecule has 0 aliphatic carbocycles. The highest BCUT2D eigenvalue weighted by Gasteiger charge is 1.94. The molecule has 0 bridgehead atoms. The Bertz CT molecular complexity index is 534. The Morgan fingerprint density at radius 1 is 1.33 bits per heavy atom. The molecule has 0 saturated carbocycles. The number of aromatic hydroxyl groups is 1. The number of phenols is 1. The summed E-state index contributed by atoms with van der Waals surface area (Å²) in [6.45, 7) is 0.971. The Morgan fingerprint density at radius 2 is 2.06 bits per heavy atom. The van der Waals surface area contributed by atoms with Gasteiger partial charge in [0, 0.05) is 24.0 Å². The van der Waals surface area contributed by atoms with Crippen LogP contribution in [0.4, 0.5) is 0 Å². The van der Waals surface area contributed by atoms with Crippen molar-refractivity contribution in [2.75, 3.05) is 6.54 Å². The molecule has 0 saturated heterocycles. The number of carboxylic acid groups (broad SMARTS) is 1. The van der Waals surface area contributed by atoms with Crippen molar-refractivity contribution in [3.63, 3.8) is 0 Å². The predicted molar refractivity (Wildman–Crippen MR) is 66.3 cm³/mol. The van der Waals surface area contributed by atoms with Gasteiger partial charge in [-0.05, 0) is 24.3 Å². The summed E-state index contributed by atoms with van der Waals surface area (Å²) in [5, 5.41) is 20.1. The molecule has 1 heterocycles. The number of amides is 1. The number of fused-ring (bicyclic) bond motifs is 1. The molecule has 2 rings (SSSR count). The van der Waals surface area contributed by atoms with Gasteiger partial charge in [-0.1, -0.05) is 0 Å². The highest BCUT2D eigenvalue weighted by molar-refractivity contribution is 5.80. The number of hydrogen-bond acceptors (Lipinski definition) is 3. The Hall–Kier alpha value is -2.50. The van der Waals surface area contributed by atoms with Crippen molar-refractivity contribution in [1.29, 1.82) is 0 Å². The van der Waals surface area contributed by atoms with Crippen molar-refractivity contribution < 1.29 is 19.8 Å². The zero-order valence-corrected chi connectivity index (χ0v) is 9.80. The number of aromatic amines is 1. The van der Waals surface area contributed by atoms with E-state index in [1.54, 1.807) is 12.1 Å². The van der Waals surface area contributed by atoms with Gasteiger partial charge in [-0.2, -0.15) is 0 Å². The van der Waals surface area contributed by atoms with Gasteiger partial charge in [-0.25, -0.2) is 0 Å². The van der Waals surface area contributed by atoms with Crippen molar-refractivity contribution in [3.05, 3.63) is 30.5 Å². The summed E-state index contributed by atoms with van der Waals surface area (Å²) in [6.07, 6.45) is 1.85. The van der Waals surface area contributed by atoms with E-state index in [0.717, 1.165) is 10.9 Å². The van der Waals surface area contributed by atoms with Gasteiger partial charge in [0.1, 0.15) is 12.3 Å². The van der Waals surface area contributed by atoms with Crippen LogP contribution >= 0.6 is 0 Å². The first-order valence-electron chi connectivity index (χ1n) is 5.21. The van der Waals surface area contributed by atoms with Gasteiger partial charge >= 0.3 is 5.97 Å². The molecule has 1 aromatic heterocycles. The molecular weight excluding hydrogens is 236 g/mol. The summed E-state index contributed by atoms with van der Waals surface area (Å²) in [6, 6.07) is 7.17. The van der Waals surface area contributed by atoms with Gasteiger partial charge < -0.3 is 20.5 Å². The monoisotopic (exact) mass is 250 g/mol. The standard InChI is InChI=1S/C8H7NO.C4H7NO3/c10-7-1-2-8-6(5-7)3-4-9-8;1-3(6)5-2-4(7)8/h1-5,9-10H;2H2,1H3,(H,5,6)(H,7,8). The van der Waals surface area contributed by atoms with Crippen LogP contribution in [0.2, 0.25) is 0 Å². The molecule has 6 heteroatoms. The maximum Gasteiger partial charge on any atom is 0.322 e. The average Bonchev–Trinajstić information content (AvgIpc) is 2.74. The van der Waals surface area contributed by atoms with Crippen LogP contribution in [0.5, 0.6) is 5.75 Å². The molecule has 0 radical (unpaired) electrons. The average molecular weight is 250 g/mol. The number of carbonyl (C=O) groups is 2. The van der Waals surface area contributed by atoms with Crippen LogP contribution in [0.1, 0.15) is 6.92 Å². The third-order valence-electron chi connectivity index (χ3n) is 2.03. The second kappa shape index (κ2) is 6.29. The van der Waals surface area contributed by atoms with E-state index >= 15 is 0 Å². The van der Waals surface area contributed by atoms with E-state index in [0.29, 0.717) is 5.75 Å². The third-order valence-corrected chi connectivity index (χ3v) is 2.03. The number of carbonyl (C=O) groups excluding carboxylic acids is 1. The second-order valence-corrected chi connectivity index (χ2v) is 3.55. The van der Waals surface area contributed by atoms with Gasteiger partial charge in [0.15, 0.2) is 0 Å². The molecule has 18 heavy (non-hydrogen) atoms. The summed E-state index contributed by atoms with van der Waals surface area (Å²) < 4.78 is 0. The summed E-state index contributed by atoms with van der Waals surface area (Å²) in [5.41, 5.74) is 1.05. The maximum absolute atomic E-state index is 9.97. The van der Waals surface area contributed by atoms with Crippen LogP contribution in [-0.4, -0.2) is 33.6 Å². The first kappa shape index (κ1) is 13.6. The van der Waals surface area contributed by atoms with Gasteiger partial charge in [0.25, 0.3) is 0 Å². The molecular formula is C12H14N2O4. The number of nitrogens with one attached hydrogen (secondary N) is 2. The van der Waals surface area contributed by atoms with E-state index in [9.17, 15) is 9.59 Å². The number of carboxylic acids is 1. The number of phenolic OH excluding ortho intramolecular Hbond substituents is 1. The molecule has 1 aromatic carbocycles. The quantitative estimate of drug-likeness (QED) is 0.640. The summed E-state index contributed by atoms with van der Waals surface area (Å²) >= 11 is 0. The zero-order chi connectivity index (χ0) is 13.5. The van der Waals surface area contributed by atoms with Crippen molar-refractivity contribution in [2.45, 2.75) is 6.92 Å². The highest BCUT2D eigenvalue weighted by Crippen LogP contribution is 2.17. The Morgan fingerprint density at radius 3 is 2.61 bits per heavy atom. The third kappa shape index (κ3) is 4.56. The SMILES string of the molecule is CC(=O)NCC(=O)O.Oc1ccc2[nH]ccc2c1. The fourth-order valence-corrected chi connectivity index (χ4v) is 1.24. The van der Waals surface area contributed by atoms with Crippen LogP contribution in [0, 0.1) is 0 Å². The fourth-order valence-electron chi connectivity index (χ4n) is 1.24. The molecule has 4 N–H and O–H groups in total. The molecule has 0 spiro atoms. The largest absolute Gasteiger partial charge is 0.508 e. The highest BCUT2D eigenvalue weighted by atomic mass is 16.4. The number of H-pyrrole nitrogens is 1. The number of aromatic nitrogens is 1. The Kier molecular flexibility index (Phi) is 4.74. The molecule has 0 unspecified atom stereocenters. The fraction of sp³-hybridized carbons (Fsp3) is 0.167. The number of hydrogen-bond donors (Lipinski definition) is 4. The van der Waals surface area contributed by atoms with Crippen LogP contribution < -0.4 is 5.32 Å². The normalized spacial score (nSPS) is 9.39. The van der Waals surface area contributed by atoms with Crippen molar-refractivity contribution >= 4 is 22.8 Å². The lowest BCUT2D eigenvalue weighted by Gasteiger charge is -1.92. The van der Waals surface area contributed by atoms with Gasteiger partial charge in [0.05, 0.1) is 0 Å². The van der Waals surface area contributed by atoms with Crippen LogP contribution in [0.3, 0.4) is 0 Å². The molecule has 96 valence electrons. The molecule has 2 aromatic rings. The van der Waals surface area contributed by atoms with Crippen molar-refractivity contribution in [1.82, 2.24) is 10.3 Å². The molecule has 0 atom stereocenters. The van der Waals surface area contributed by atoms with Crippen LogP contribution in [-0.2, 0) is 9.59 Å². The maximum atomic E-state index is 9.97. The van der Waals surface area contributed by atoms with E-state index in [1.807, 2.05) is 18.3 Å². The number of rotatable bonds is 2. The minimum Gasteiger partial charge on any atom is -0.508 e. The van der Waals surface area contributed by atoms with Crippen molar-refractivity contribution in [3.8, 4) is 5.75 Å². The Balaban J connectivity index is 0.000000187. The second-order valence-electron chi connectivity index (χ2n) is 3.55. The number of benzene rings is 1. The molecule has 0 aliphatic heterocycles. The van der Waals surface area contributed by atoms with Gasteiger partial charge in [0.2, 0.25) is 5.91 Å². The molecule has 1 amide bonds. The van der Waals surface area contributed by atoms with Crippen LogP contribution in [0.15, 0.2) is 30.5 Å². The van der Waals surface area contributed by atoms with Crippen molar-refractivity contribution in [2.24, 2.45) is 0 Å². The first-order valence-corrected chi connectivity index (χ1v) is 5.21. The smallest absolute Gasteiger partial charge is 0.322 e. The lowest BCUT2D eigenvalue weighted by molar-refractivity contribution is -0.137. The Labute approximate surface area is 103 Å². The topological polar surface area (TPSA) is 102 Å². The zero-order valence-electron chi connectivity index (χ0n) is 9.80. The minimum absolute atomic E-state index is 0.296. The summed E-state index contributed by atoms with van der Waals surface area (Å²) in [7, 11) is 0. The van der Waals surface area contributed by atoms with Gasteiger partial charge in [-0.3, -0.25) is 9.59 Å². The van der Waals surface area contributed by atoms with E-state index in [4.69, 9.17) is 10.2 Å². The lowest BCUT2D eigenvalue weighted by Crippen LogP contribution is -2.26. The van der Waals surface area contributed by atoms with E-state index in [1.165, 1.54) is 6.92 Å². The molecule has 0 aliphatic rings. The first-order chi connectivity index (χ1) is 8.49. The number of aliphatic carboxylic acids is 1. The molecule has 0 fully saturated rings. The lowest BCUT2D eigenvalue weighted by atomic mass is 10.2. The van der Waals surface area contributed by atoms with Crippen LogP contribution in [0.25, 0.3) is 10.9 Å². The molecule has 6 nitrogen and oxygen atoms in total. The summed E-state index contributed by atoms with van der Waals surface area (Å²) in [4.78, 5) is 22.7. The predicted octanol–water partition coefficient (Wildman–Crippen LogP) is 1.08.